The summed E-state index contributed by atoms with van der Waals surface area (Å²) in [5.41, 5.74) is 1.85. The third-order valence-electron chi connectivity index (χ3n) is 10.6. The molecule has 7 nitrogen and oxygen atoms in total. The number of rotatable bonds is 3. The van der Waals surface area contributed by atoms with Crippen LogP contribution in [0.2, 0.25) is 0 Å². The van der Waals surface area contributed by atoms with E-state index in [1.54, 1.807) is 6.07 Å². The van der Waals surface area contributed by atoms with Crippen LogP contribution in [0.5, 0.6) is 5.75 Å². The molecule has 7 heteroatoms. The first kappa shape index (κ1) is 27.4. The van der Waals surface area contributed by atoms with Crippen LogP contribution in [0.4, 0.5) is 0 Å². The summed E-state index contributed by atoms with van der Waals surface area (Å²) in [6, 6.07) is 29.3. The minimum Gasteiger partial charge on any atom is -0.507 e. The minimum atomic E-state index is -1.36. The van der Waals surface area contributed by atoms with Gasteiger partial charge in [-0.05, 0) is 53.0 Å². The van der Waals surface area contributed by atoms with Gasteiger partial charge in [0.1, 0.15) is 5.75 Å². The Bertz CT molecular complexity index is 2000. The highest BCUT2D eigenvalue weighted by Crippen LogP contribution is 2.64. The van der Waals surface area contributed by atoms with Gasteiger partial charge in [-0.15, -0.1) is 0 Å². The molecule has 4 aromatic rings. The first-order valence-corrected chi connectivity index (χ1v) is 15.2. The molecular weight excluding hydrogens is 566 g/mol. The van der Waals surface area contributed by atoms with Crippen LogP contribution >= 0.6 is 0 Å². The topological polar surface area (TPSA) is 112 Å². The van der Waals surface area contributed by atoms with E-state index in [9.17, 15) is 24.7 Å². The summed E-state index contributed by atoms with van der Waals surface area (Å²) in [5, 5.41) is 22.9. The zero-order valence-corrected chi connectivity index (χ0v) is 24.2. The monoisotopic (exact) mass is 595 g/mol. The molecule has 4 aromatic carbocycles. The fourth-order valence-corrected chi connectivity index (χ4v) is 8.76. The molecule has 6 unspecified atom stereocenters. The van der Waals surface area contributed by atoms with Crippen molar-refractivity contribution in [1.82, 2.24) is 5.06 Å². The van der Waals surface area contributed by atoms with Crippen molar-refractivity contribution in [3.8, 4) is 5.75 Å². The standard InChI is InChI=1S/C38H29NO6/c40-31-18-17-25(23-13-7-8-14-24(23)31)34-26-15-16-27-33(37(44)39(45)36(27)43)29(26)19-30-35(42)28(21-9-3-1-4-10-21)20-32(41)38(30,34)22-11-5-2-6-12-22/h1-15,17-18,20,27,29-30,33-34,40,45H,16,19H2. The number of aromatic hydroxyl groups is 1. The molecular formula is C38H29NO6. The Hall–Kier alpha value is -5.14. The number of hydrogen-bond donors (Lipinski definition) is 2. The second-order valence-electron chi connectivity index (χ2n) is 12.5. The van der Waals surface area contributed by atoms with Crippen molar-refractivity contribution in [2.24, 2.45) is 23.7 Å². The second kappa shape index (κ2) is 9.94. The van der Waals surface area contributed by atoms with Crippen LogP contribution < -0.4 is 0 Å². The molecule has 0 bridgehead atoms. The number of hydroxylamine groups is 2. The summed E-state index contributed by atoms with van der Waals surface area (Å²) in [5.74, 6) is -5.35. The van der Waals surface area contributed by atoms with Crippen molar-refractivity contribution in [2.45, 2.75) is 24.2 Å². The van der Waals surface area contributed by atoms with Gasteiger partial charge in [0.2, 0.25) is 0 Å². The van der Waals surface area contributed by atoms with Gasteiger partial charge < -0.3 is 5.11 Å². The molecule has 4 aliphatic rings. The number of allylic oxidation sites excluding steroid dienone is 4. The summed E-state index contributed by atoms with van der Waals surface area (Å²) in [7, 11) is 0. The third kappa shape index (κ3) is 3.68. The maximum Gasteiger partial charge on any atom is 0.257 e. The highest BCUT2D eigenvalue weighted by Gasteiger charge is 2.66. The third-order valence-corrected chi connectivity index (χ3v) is 10.6. The Balaban J connectivity index is 1.46. The summed E-state index contributed by atoms with van der Waals surface area (Å²) >= 11 is 0. The van der Waals surface area contributed by atoms with Crippen molar-refractivity contribution < 1.29 is 29.5 Å². The molecule has 2 N–H and O–H groups in total. The van der Waals surface area contributed by atoms with E-state index in [1.807, 2.05) is 97.1 Å². The van der Waals surface area contributed by atoms with Crippen molar-refractivity contribution >= 4 is 39.7 Å². The Morgan fingerprint density at radius 1 is 0.733 bits per heavy atom. The number of phenols is 1. The molecule has 6 atom stereocenters. The summed E-state index contributed by atoms with van der Waals surface area (Å²) in [6.45, 7) is 0. The largest absolute Gasteiger partial charge is 0.507 e. The number of fused-ring (bicyclic) bond motifs is 5. The molecule has 2 fully saturated rings. The predicted molar refractivity (Wildman–Crippen MR) is 166 cm³/mol. The minimum absolute atomic E-state index is 0.0921. The summed E-state index contributed by atoms with van der Waals surface area (Å²) in [4.78, 5) is 56.4. The normalized spacial score (nSPS) is 29.2. The molecule has 1 aliphatic heterocycles. The Labute approximate surface area is 259 Å². The number of benzene rings is 4. The molecule has 1 saturated heterocycles. The maximum atomic E-state index is 15.1. The van der Waals surface area contributed by atoms with Crippen LogP contribution in [0, 0.1) is 23.7 Å². The lowest BCUT2D eigenvalue weighted by atomic mass is 9.44. The van der Waals surface area contributed by atoms with E-state index >= 15 is 4.79 Å². The lowest BCUT2D eigenvalue weighted by molar-refractivity contribution is -0.173. The van der Waals surface area contributed by atoms with Crippen molar-refractivity contribution in [3.63, 3.8) is 0 Å². The van der Waals surface area contributed by atoms with E-state index in [0.29, 0.717) is 22.1 Å². The van der Waals surface area contributed by atoms with Crippen LogP contribution in [0.25, 0.3) is 16.3 Å². The molecule has 1 saturated carbocycles. The number of amides is 2. The van der Waals surface area contributed by atoms with Crippen LogP contribution in [-0.4, -0.2) is 38.8 Å². The van der Waals surface area contributed by atoms with E-state index < -0.39 is 46.8 Å². The van der Waals surface area contributed by atoms with Crippen LogP contribution in [0.15, 0.2) is 115 Å². The summed E-state index contributed by atoms with van der Waals surface area (Å²) in [6.07, 6.45) is 3.84. The molecule has 3 aliphatic carbocycles. The zero-order valence-electron chi connectivity index (χ0n) is 24.2. The van der Waals surface area contributed by atoms with E-state index in [4.69, 9.17) is 0 Å². The number of nitrogens with zero attached hydrogens (tertiary/aromatic N) is 1. The number of imide groups is 1. The molecule has 8 rings (SSSR count). The van der Waals surface area contributed by atoms with Crippen LogP contribution in [0.1, 0.15) is 35.4 Å². The maximum absolute atomic E-state index is 15.1. The highest BCUT2D eigenvalue weighted by molar-refractivity contribution is 6.31. The smallest absolute Gasteiger partial charge is 0.257 e. The molecule has 0 aromatic heterocycles. The number of phenolic OH excluding ortho intramolecular Hbond substituents is 1. The average Bonchev–Trinajstić information content (AvgIpc) is 3.30. The van der Waals surface area contributed by atoms with Crippen molar-refractivity contribution in [1.29, 1.82) is 0 Å². The SMILES string of the molecule is O=C1C(c2ccccc2)=CC(=O)C2(c3ccccc3)C1CC1C(=CCC3C(=O)N(O)C(=O)C31)C2c1ccc(O)c2ccccc12. The number of Topliss-reactive ketones (excluding diaryl/α,β-unsaturated/α-hetero) is 1. The van der Waals surface area contributed by atoms with Gasteiger partial charge in [-0.3, -0.25) is 24.4 Å². The molecule has 0 spiro atoms. The van der Waals surface area contributed by atoms with E-state index in [0.717, 1.165) is 16.5 Å². The Morgan fingerprint density at radius 2 is 1.40 bits per heavy atom. The second-order valence-corrected chi connectivity index (χ2v) is 12.5. The fourth-order valence-electron chi connectivity index (χ4n) is 8.76. The zero-order chi connectivity index (χ0) is 31.0. The number of ketones is 2. The van der Waals surface area contributed by atoms with Crippen molar-refractivity contribution in [2.75, 3.05) is 0 Å². The van der Waals surface area contributed by atoms with Gasteiger partial charge in [0.15, 0.2) is 11.6 Å². The van der Waals surface area contributed by atoms with E-state index in [-0.39, 0.29) is 35.2 Å². The molecule has 0 radical (unpaired) electrons. The van der Waals surface area contributed by atoms with Crippen LogP contribution in [-0.2, 0) is 24.6 Å². The lowest BCUT2D eigenvalue weighted by Gasteiger charge is -2.55. The molecule has 1 heterocycles. The van der Waals surface area contributed by atoms with Gasteiger partial charge in [-0.1, -0.05) is 103 Å². The van der Waals surface area contributed by atoms with E-state index in [1.165, 1.54) is 6.08 Å². The molecule has 45 heavy (non-hydrogen) atoms. The van der Waals surface area contributed by atoms with Gasteiger partial charge in [0.05, 0.1) is 17.3 Å². The Morgan fingerprint density at radius 3 is 2.13 bits per heavy atom. The predicted octanol–water partition coefficient (Wildman–Crippen LogP) is 5.76. The van der Waals surface area contributed by atoms with Gasteiger partial charge in [0.25, 0.3) is 11.8 Å². The quantitative estimate of drug-likeness (QED) is 0.177. The Kier molecular flexibility index (Phi) is 6.05. The number of carbonyl (C=O) groups is 4. The number of hydrogen-bond acceptors (Lipinski definition) is 6. The number of carbonyl (C=O) groups excluding carboxylic acids is 4. The highest BCUT2D eigenvalue weighted by atomic mass is 16.5. The van der Waals surface area contributed by atoms with Crippen LogP contribution in [0.3, 0.4) is 0 Å². The van der Waals surface area contributed by atoms with Gasteiger partial charge >= 0.3 is 0 Å². The van der Waals surface area contributed by atoms with Crippen molar-refractivity contribution in [3.05, 3.63) is 131 Å². The average molecular weight is 596 g/mol. The fraction of sp³-hybridized carbons (Fsp3) is 0.211. The first-order chi connectivity index (χ1) is 21.8. The van der Waals surface area contributed by atoms with Gasteiger partial charge in [-0.25, -0.2) is 0 Å². The van der Waals surface area contributed by atoms with Gasteiger partial charge in [-0.2, -0.15) is 5.06 Å². The summed E-state index contributed by atoms with van der Waals surface area (Å²) < 4.78 is 0. The first-order valence-electron chi connectivity index (χ1n) is 15.2. The molecule has 2 amide bonds. The van der Waals surface area contributed by atoms with Gasteiger partial charge in [0, 0.05) is 22.8 Å². The molecule has 222 valence electrons. The lowest BCUT2D eigenvalue weighted by Crippen LogP contribution is -2.58. The van der Waals surface area contributed by atoms with E-state index in [2.05, 4.69) is 0 Å².